The maximum Gasteiger partial charge on any atom is 0.209 e. The first-order valence-electron chi connectivity index (χ1n) is 12.5. The van der Waals surface area contributed by atoms with Gasteiger partial charge >= 0.3 is 0 Å². The summed E-state index contributed by atoms with van der Waals surface area (Å²) in [7, 11) is 0. The Morgan fingerprint density at radius 2 is 1.91 bits per heavy atom. The minimum absolute atomic E-state index is 0.00559. The maximum absolute atomic E-state index is 13.8. The molecule has 1 N–H and O–H groups in total. The van der Waals surface area contributed by atoms with Gasteiger partial charge in [0.05, 0.1) is 24.0 Å². The van der Waals surface area contributed by atoms with E-state index in [1.165, 1.54) is 5.71 Å². The zero-order valence-electron chi connectivity index (χ0n) is 20.4. The number of nitrogens with zero attached hydrogens (tertiary/aromatic N) is 2. The number of rotatable bonds is 5. The molecule has 5 heteroatoms. The van der Waals surface area contributed by atoms with Gasteiger partial charge in [0.15, 0.2) is 23.6 Å². The summed E-state index contributed by atoms with van der Waals surface area (Å²) in [5, 5.41) is 4.11. The number of benzene rings is 2. The predicted octanol–water partition coefficient (Wildman–Crippen LogP) is 5.71. The molecule has 35 heavy (non-hydrogen) atoms. The van der Waals surface area contributed by atoms with Gasteiger partial charge in [-0.15, -0.1) is 0 Å². The van der Waals surface area contributed by atoms with E-state index in [-0.39, 0.29) is 17.4 Å². The zero-order chi connectivity index (χ0) is 24.2. The molecule has 5 rings (SSSR count). The number of para-hydroxylation sites is 1. The van der Waals surface area contributed by atoms with Crippen molar-refractivity contribution in [1.82, 2.24) is 5.32 Å². The van der Waals surface area contributed by atoms with Crippen LogP contribution in [0.15, 0.2) is 93.1 Å². The van der Waals surface area contributed by atoms with Crippen LogP contribution in [0.3, 0.4) is 0 Å². The average Bonchev–Trinajstić information content (AvgIpc) is 2.89. The van der Waals surface area contributed by atoms with E-state index in [0.717, 1.165) is 41.9 Å². The molecule has 178 valence electrons. The molecular formula is C30H32N3O2+. The lowest BCUT2D eigenvalue weighted by atomic mass is 9.89. The second-order valence-corrected chi connectivity index (χ2v) is 9.14. The van der Waals surface area contributed by atoms with E-state index in [1.807, 2.05) is 42.5 Å². The van der Waals surface area contributed by atoms with Gasteiger partial charge < -0.3 is 4.42 Å². The van der Waals surface area contributed by atoms with E-state index in [9.17, 15) is 4.79 Å². The van der Waals surface area contributed by atoms with Crippen LogP contribution in [0.1, 0.15) is 62.0 Å². The Balaban J connectivity index is 1.73. The topological polar surface area (TPSA) is 57.6 Å². The highest BCUT2D eigenvalue weighted by molar-refractivity contribution is 6.10. The smallest absolute Gasteiger partial charge is 0.209 e. The number of aliphatic imine (C=N–C) groups is 1. The van der Waals surface area contributed by atoms with Crippen molar-refractivity contribution in [1.29, 1.82) is 0 Å². The van der Waals surface area contributed by atoms with Crippen molar-refractivity contribution in [3.05, 3.63) is 106 Å². The average molecular weight is 467 g/mol. The largest absolute Gasteiger partial charge is 0.453 e. The standard InChI is InChI=1S/C30H32N3O2/c1-3-24-18-26(22-12-6-4-7-13-22)33(20-31-19-32-24)21(2)30-28(23-14-8-5-9-15-23)29(34)25-16-10-11-17-27(25)35-30/h4-14,16-17,21,23,31H,3,15,18-20H2,1-2H3/q+1. The van der Waals surface area contributed by atoms with Crippen molar-refractivity contribution in [3.63, 3.8) is 0 Å². The third-order valence-electron chi connectivity index (χ3n) is 6.99. The number of hydrogen-bond donors (Lipinski definition) is 1. The van der Waals surface area contributed by atoms with Gasteiger partial charge in [0.25, 0.3) is 0 Å². The van der Waals surface area contributed by atoms with E-state index in [0.29, 0.717) is 24.3 Å². The van der Waals surface area contributed by atoms with Crippen LogP contribution in [0.4, 0.5) is 0 Å². The summed E-state index contributed by atoms with van der Waals surface area (Å²) >= 11 is 0. The van der Waals surface area contributed by atoms with Gasteiger partial charge in [-0.25, -0.2) is 9.89 Å². The molecule has 5 nitrogen and oxygen atoms in total. The fourth-order valence-electron chi connectivity index (χ4n) is 5.06. The van der Waals surface area contributed by atoms with Gasteiger partial charge in [-0.2, -0.15) is 0 Å². The molecule has 2 aliphatic rings. The third-order valence-corrected chi connectivity index (χ3v) is 6.99. The number of nitrogens with one attached hydrogen (secondary N) is 1. The molecule has 2 aromatic carbocycles. The molecule has 0 spiro atoms. The number of allylic oxidation sites excluding steroid dienone is 4. The SMILES string of the molecule is CCC1=NCNC[N+](C(C)c2oc3ccccc3c(=O)c2C2C=CC=CC2)=C(c2ccccc2)C1. The zero-order valence-corrected chi connectivity index (χ0v) is 20.4. The lowest BCUT2D eigenvalue weighted by Gasteiger charge is -2.23. The Morgan fingerprint density at radius 3 is 2.69 bits per heavy atom. The Labute approximate surface area is 206 Å². The second kappa shape index (κ2) is 10.4. The molecule has 0 radical (unpaired) electrons. The van der Waals surface area contributed by atoms with Crippen molar-refractivity contribution in [2.24, 2.45) is 4.99 Å². The lowest BCUT2D eigenvalue weighted by molar-refractivity contribution is -0.576. The molecule has 0 fully saturated rings. The van der Waals surface area contributed by atoms with Crippen LogP contribution in [0.2, 0.25) is 0 Å². The minimum Gasteiger partial charge on any atom is -0.453 e. The molecule has 3 aromatic rings. The molecule has 2 atom stereocenters. The summed E-state index contributed by atoms with van der Waals surface area (Å²) in [6, 6.07) is 17.9. The molecule has 0 bridgehead atoms. The van der Waals surface area contributed by atoms with Crippen LogP contribution in [0, 0.1) is 0 Å². The first-order chi connectivity index (χ1) is 17.2. The van der Waals surface area contributed by atoms with Crippen LogP contribution < -0.4 is 10.7 Å². The molecule has 1 aromatic heterocycles. The summed E-state index contributed by atoms with van der Waals surface area (Å²) in [6.45, 7) is 5.50. The van der Waals surface area contributed by atoms with Gasteiger partial charge in [-0.3, -0.25) is 9.79 Å². The highest BCUT2D eigenvalue weighted by Crippen LogP contribution is 2.32. The molecule has 1 aliphatic carbocycles. The summed E-state index contributed by atoms with van der Waals surface area (Å²) in [4.78, 5) is 18.6. The molecule has 0 saturated heterocycles. The second-order valence-electron chi connectivity index (χ2n) is 9.14. The normalized spacial score (nSPS) is 19.4. The molecular weight excluding hydrogens is 434 g/mol. The number of fused-ring (bicyclic) bond motifs is 1. The Kier molecular flexibility index (Phi) is 6.87. The van der Waals surface area contributed by atoms with Crippen LogP contribution in [0.25, 0.3) is 11.0 Å². The first kappa shape index (κ1) is 23.2. The lowest BCUT2D eigenvalue weighted by Crippen LogP contribution is -2.37. The fraction of sp³-hybridized carbons (Fsp3) is 0.300. The molecule has 0 saturated carbocycles. The van der Waals surface area contributed by atoms with Crippen LogP contribution in [-0.4, -0.2) is 29.3 Å². The Morgan fingerprint density at radius 1 is 1.11 bits per heavy atom. The molecule has 0 amide bonds. The van der Waals surface area contributed by atoms with Crippen molar-refractivity contribution in [2.75, 3.05) is 13.3 Å². The molecule has 2 unspecified atom stereocenters. The van der Waals surface area contributed by atoms with Gasteiger partial charge in [0, 0.05) is 24.1 Å². The summed E-state index contributed by atoms with van der Waals surface area (Å²) < 4.78 is 8.93. The molecule has 2 heterocycles. The van der Waals surface area contributed by atoms with Crippen LogP contribution >= 0.6 is 0 Å². The van der Waals surface area contributed by atoms with Crippen molar-refractivity contribution >= 4 is 22.4 Å². The third kappa shape index (κ3) is 4.69. The molecule has 1 aliphatic heterocycles. The van der Waals surface area contributed by atoms with Crippen LogP contribution in [0.5, 0.6) is 0 Å². The predicted molar refractivity (Wildman–Crippen MR) is 143 cm³/mol. The highest BCUT2D eigenvalue weighted by Gasteiger charge is 2.33. The first-order valence-corrected chi connectivity index (χ1v) is 12.5. The summed E-state index contributed by atoms with van der Waals surface area (Å²) in [5.74, 6) is 0.735. The van der Waals surface area contributed by atoms with E-state index in [4.69, 9.17) is 9.41 Å². The van der Waals surface area contributed by atoms with Crippen molar-refractivity contribution in [2.45, 2.75) is 45.1 Å². The van der Waals surface area contributed by atoms with Gasteiger partial charge in [0.1, 0.15) is 5.58 Å². The fourth-order valence-corrected chi connectivity index (χ4v) is 5.06. The van der Waals surface area contributed by atoms with E-state index >= 15 is 0 Å². The number of hydrogen-bond acceptors (Lipinski definition) is 4. The van der Waals surface area contributed by atoms with Gasteiger partial charge in [-0.05, 0) is 37.1 Å². The van der Waals surface area contributed by atoms with Crippen molar-refractivity contribution < 1.29 is 8.99 Å². The maximum atomic E-state index is 13.8. The van der Waals surface area contributed by atoms with Gasteiger partial charge in [0.2, 0.25) is 6.04 Å². The summed E-state index contributed by atoms with van der Waals surface area (Å²) in [6.07, 6.45) is 10.8. The minimum atomic E-state index is -0.152. The van der Waals surface area contributed by atoms with Gasteiger partial charge in [-0.1, -0.05) is 61.6 Å². The van der Waals surface area contributed by atoms with E-state index in [2.05, 4.69) is 60.2 Å². The summed E-state index contributed by atoms with van der Waals surface area (Å²) in [5.41, 5.74) is 4.97. The van der Waals surface area contributed by atoms with Crippen LogP contribution in [-0.2, 0) is 0 Å². The van der Waals surface area contributed by atoms with E-state index < -0.39 is 0 Å². The Hall–Kier alpha value is -3.57. The quantitative estimate of drug-likeness (QED) is 0.490. The monoisotopic (exact) mass is 466 g/mol. The Bertz CT molecular complexity index is 1400. The van der Waals surface area contributed by atoms with E-state index in [1.54, 1.807) is 0 Å². The van der Waals surface area contributed by atoms with Crippen molar-refractivity contribution in [3.8, 4) is 0 Å². The highest BCUT2D eigenvalue weighted by atomic mass is 16.3.